The second kappa shape index (κ2) is 11.5. The van der Waals surface area contributed by atoms with Crippen molar-refractivity contribution in [3.63, 3.8) is 0 Å². The lowest BCUT2D eigenvalue weighted by Gasteiger charge is -2.35. The Labute approximate surface area is 225 Å². The summed E-state index contributed by atoms with van der Waals surface area (Å²) in [4.78, 5) is 44.8. The van der Waals surface area contributed by atoms with Crippen LogP contribution in [0.3, 0.4) is 0 Å². The van der Waals surface area contributed by atoms with E-state index in [1.165, 1.54) is 4.90 Å². The zero-order chi connectivity index (χ0) is 26.6. The van der Waals surface area contributed by atoms with Crippen molar-refractivity contribution in [2.45, 2.75) is 6.54 Å². The molecule has 2 aliphatic heterocycles. The molecule has 2 saturated heterocycles. The molecule has 3 amide bonds. The minimum atomic E-state index is -0.690. The second-order valence-corrected chi connectivity index (χ2v) is 10.6. The zero-order valence-corrected chi connectivity index (χ0v) is 22.1. The molecule has 3 heterocycles. The monoisotopic (exact) mass is 537 g/mol. The Morgan fingerprint density at radius 2 is 1.71 bits per heavy atom. The lowest BCUT2D eigenvalue weighted by atomic mass is 10.0. The topological polar surface area (TPSA) is 136 Å². The number of morpholine rings is 1. The smallest absolute Gasteiger partial charge is 0.313 e. The maximum atomic E-state index is 12.9. The van der Waals surface area contributed by atoms with Crippen LogP contribution < -0.4 is 16.8 Å². The lowest BCUT2D eigenvalue weighted by molar-refractivity contribution is -0.386. The molecule has 2 fully saturated rings. The van der Waals surface area contributed by atoms with Crippen LogP contribution in [-0.4, -0.2) is 91.4 Å². The molecule has 0 radical (unpaired) electrons. The largest absolute Gasteiger partial charge is 0.398 e. The predicted octanol–water partition coefficient (Wildman–Crippen LogP) is 0.834. The van der Waals surface area contributed by atoms with Crippen LogP contribution in [0.4, 0.5) is 11.4 Å². The number of carbonyl (C=O) groups excluding carboxylic acids is 3. The van der Waals surface area contributed by atoms with E-state index in [-0.39, 0.29) is 5.91 Å². The molecule has 2 aromatic carbocycles. The molecule has 10 nitrogen and oxygen atoms in total. The predicted molar refractivity (Wildman–Crippen MR) is 147 cm³/mol. The van der Waals surface area contributed by atoms with E-state index < -0.39 is 11.8 Å². The number of piperazine rings is 1. The highest BCUT2D eigenvalue weighted by atomic mass is 32.1. The summed E-state index contributed by atoms with van der Waals surface area (Å²) in [6, 6.07) is 13.8. The van der Waals surface area contributed by atoms with Crippen molar-refractivity contribution in [2.24, 2.45) is 0 Å². The Balaban J connectivity index is 1.22. The summed E-state index contributed by atoms with van der Waals surface area (Å²) in [5, 5.41) is 3.90. The van der Waals surface area contributed by atoms with Crippen molar-refractivity contribution in [1.82, 2.24) is 14.7 Å². The van der Waals surface area contributed by atoms with Crippen LogP contribution in [0.25, 0.3) is 20.5 Å². The fourth-order valence-electron chi connectivity index (χ4n) is 4.85. The number of quaternary nitrogens is 1. The number of nitrogen functional groups attached to an aromatic ring is 1. The number of rotatable bonds is 5. The van der Waals surface area contributed by atoms with Gasteiger partial charge in [-0.3, -0.25) is 19.3 Å². The Hall–Kier alpha value is -3.51. The van der Waals surface area contributed by atoms with Gasteiger partial charge in [-0.1, -0.05) is 18.2 Å². The summed E-state index contributed by atoms with van der Waals surface area (Å²) in [6.45, 7) is 4.99. The number of nitrogens with zero attached hydrogens (tertiary/aromatic N) is 3. The Morgan fingerprint density at radius 3 is 2.42 bits per heavy atom. The Bertz CT molecular complexity index is 1310. The van der Waals surface area contributed by atoms with Crippen LogP contribution in [0.15, 0.2) is 42.5 Å². The highest BCUT2D eigenvalue weighted by molar-refractivity contribution is 7.22. The Morgan fingerprint density at radius 1 is 0.974 bits per heavy atom. The summed E-state index contributed by atoms with van der Waals surface area (Å²) < 4.78 is 6.45. The number of amides is 3. The minimum absolute atomic E-state index is 0.0739. The van der Waals surface area contributed by atoms with Crippen molar-refractivity contribution >= 4 is 50.5 Å². The van der Waals surface area contributed by atoms with Gasteiger partial charge < -0.3 is 31.3 Å². The van der Waals surface area contributed by atoms with Crippen LogP contribution in [0, 0.1) is 0 Å². The number of hydrogen-bond acceptors (Lipinski definition) is 7. The number of fused-ring (bicyclic) bond motifs is 1. The van der Waals surface area contributed by atoms with Crippen LogP contribution in [0.2, 0.25) is 0 Å². The zero-order valence-electron chi connectivity index (χ0n) is 21.3. The summed E-state index contributed by atoms with van der Waals surface area (Å²) in [5.74, 6) is -1.20. The first-order valence-corrected chi connectivity index (χ1v) is 13.6. The molecule has 2 aliphatic rings. The SMILES string of the molecule is Nc1c(C[NH3+])cc(NC(=O)C(=O)N2CCN(CC(=O)N3CCOCC3)CC2)cc1-c1cc2ccccc2s1. The maximum absolute atomic E-state index is 12.9. The first-order valence-electron chi connectivity index (χ1n) is 12.8. The fourth-order valence-corrected chi connectivity index (χ4v) is 5.95. The molecule has 200 valence electrons. The van der Waals surface area contributed by atoms with Gasteiger partial charge in [-0.2, -0.15) is 0 Å². The number of hydrogen-bond donors (Lipinski definition) is 3. The first-order chi connectivity index (χ1) is 18.4. The molecule has 0 bridgehead atoms. The Kier molecular flexibility index (Phi) is 7.89. The molecule has 0 spiro atoms. The molecule has 5 rings (SSSR count). The molecular weight excluding hydrogens is 504 g/mol. The van der Waals surface area contributed by atoms with Crippen molar-refractivity contribution < 1.29 is 24.9 Å². The van der Waals surface area contributed by atoms with E-state index in [2.05, 4.69) is 29.2 Å². The van der Waals surface area contributed by atoms with Crippen LogP contribution >= 0.6 is 11.3 Å². The maximum Gasteiger partial charge on any atom is 0.313 e. The van der Waals surface area contributed by atoms with Crippen molar-refractivity contribution in [2.75, 3.05) is 70.1 Å². The summed E-state index contributed by atoms with van der Waals surface area (Å²) in [5.41, 5.74) is 13.2. The second-order valence-electron chi connectivity index (χ2n) is 9.51. The quantitative estimate of drug-likeness (QED) is 0.326. The van der Waals surface area contributed by atoms with Gasteiger partial charge >= 0.3 is 11.8 Å². The van der Waals surface area contributed by atoms with Crippen molar-refractivity contribution in [3.05, 3.63) is 48.0 Å². The number of benzene rings is 2. The molecule has 0 unspecified atom stereocenters. The third kappa shape index (κ3) is 5.65. The van der Waals surface area contributed by atoms with Gasteiger partial charge in [0.2, 0.25) is 5.91 Å². The van der Waals surface area contributed by atoms with E-state index >= 15 is 0 Å². The van der Waals surface area contributed by atoms with Gasteiger partial charge in [0.15, 0.2) is 0 Å². The van der Waals surface area contributed by atoms with Gasteiger partial charge in [-0.15, -0.1) is 11.3 Å². The molecule has 38 heavy (non-hydrogen) atoms. The average Bonchev–Trinajstić information content (AvgIpc) is 3.38. The van der Waals surface area contributed by atoms with Crippen molar-refractivity contribution in [3.8, 4) is 10.4 Å². The van der Waals surface area contributed by atoms with Gasteiger partial charge in [0.1, 0.15) is 6.54 Å². The first kappa shape index (κ1) is 26.1. The molecule has 3 aromatic rings. The molecule has 6 N–H and O–H groups in total. The number of ether oxygens (including phenoxy) is 1. The van der Waals surface area contributed by atoms with Gasteiger partial charge in [-0.05, 0) is 29.7 Å². The summed E-state index contributed by atoms with van der Waals surface area (Å²) in [6.07, 6.45) is 0. The van der Waals surface area contributed by atoms with E-state index in [0.29, 0.717) is 76.9 Å². The molecule has 11 heteroatoms. The van der Waals surface area contributed by atoms with Gasteiger partial charge in [0, 0.05) is 71.3 Å². The van der Waals surface area contributed by atoms with E-state index in [9.17, 15) is 14.4 Å². The van der Waals surface area contributed by atoms with Crippen LogP contribution in [0.1, 0.15) is 5.56 Å². The number of nitrogens with two attached hydrogens (primary N) is 1. The molecular formula is C27H33N6O4S+. The number of thiophene rings is 1. The molecule has 0 aliphatic carbocycles. The highest BCUT2D eigenvalue weighted by Gasteiger charge is 2.28. The number of nitrogens with one attached hydrogen (secondary N) is 1. The summed E-state index contributed by atoms with van der Waals surface area (Å²) in [7, 11) is 0. The van der Waals surface area contributed by atoms with E-state index in [1.807, 2.05) is 28.0 Å². The van der Waals surface area contributed by atoms with Gasteiger partial charge in [-0.25, -0.2) is 0 Å². The summed E-state index contributed by atoms with van der Waals surface area (Å²) >= 11 is 1.63. The fraction of sp³-hybridized carbons (Fsp3) is 0.370. The van der Waals surface area contributed by atoms with E-state index in [1.54, 1.807) is 17.4 Å². The number of carbonyl (C=O) groups is 3. The molecule has 0 saturated carbocycles. The minimum Gasteiger partial charge on any atom is -0.398 e. The highest BCUT2D eigenvalue weighted by Crippen LogP contribution is 2.39. The van der Waals surface area contributed by atoms with Crippen LogP contribution in [-0.2, 0) is 25.7 Å². The van der Waals surface area contributed by atoms with Gasteiger partial charge in [0.05, 0.1) is 19.8 Å². The third-order valence-electron chi connectivity index (χ3n) is 7.06. The lowest BCUT2D eigenvalue weighted by Crippen LogP contribution is -2.54. The van der Waals surface area contributed by atoms with Gasteiger partial charge in [0.25, 0.3) is 0 Å². The molecule has 1 aromatic heterocycles. The third-order valence-corrected chi connectivity index (χ3v) is 8.21. The molecule has 0 atom stereocenters. The standard InChI is InChI=1S/C27H32N6O4S/c28-16-19-13-20(15-21(25(19)29)23-14-18-3-1-2-4-22(18)38-23)30-26(35)27(36)33-7-5-31(6-8-33)17-24(34)32-9-11-37-12-10-32/h1-4,13-15H,5-12,16-17,28-29H2,(H,30,35)/p+1. The number of anilines is 2. The van der Waals surface area contributed by atoms with Crippen LogP contribution in [0.5, 0.6) is 0 Å². The normalized spacial score (nSPS) is 16.6. The van der Waals surface area contributed by atoms with E-state index in [4.69, 9.17) is 10.5 Å². The van der Waals surface area contributed by atoms with E-state index in [0.717, 1.165) is 26.1 Å². The van der Waals surface area contributed by atoms with Crippen molar-refractivity contribution in [1.29, 1.82) is 0 Å². The average molecular weight is 538 g/mol.